The van der Waals surface area contributed by atoms with Gasteiger partial charge in [0.15, 0.2) is 0 Å². The Morgan fingerprint density at radius 3 is 1.34 bits per heavy atom. The van der Waals surface area contributed by atoms with Crippen molar-refractivity contribution in [3.63, 3.8) is 0 Å². The standard InChI is InChI=1S/C21H25.C21H26.C11H17.2ClH.Zr/c1-20(2,3)16-7-9-18-14(12-16)11-15-13-17(21(4,5)6)8-10-19(15)18;1-20(2,3)18-11-7-16(8-12-18)15-17-9-13-19(14-10-17)21(4,5)6;1-8-6-9(2)10(7-8)11(3,4)5;;;/h7-10,12H,11H2,1-6H3;7-14H,1-6H3;7-8H,1-5H3;2*1H;/q-1;;-1;;;+2/p-2. The fraction of sp³-hybridized carbons (Fsp3) is 0.453. The van der Waals surface area contributed by atoms with E-state index in [0.717, 1.165) is 6.42 Å². The molecule has 0 heterocycles. The van der Waals surface area contributed by atoms with E-state index in [9.17, 15) is 0 Å². The Hall–Kier alpha value is -2.31. The molecule has 300 valence electrons. The monoisotopic (exact) mass is 864 g/mol. The average molecular weight is 867 g/mol. The van der Waals surface area contributed by atoms with Crippen molar-refractivity contribution in [2.45, 2.75) is 146 Å². The molecule has 4 aromatic rings. The van der Waals surface area contributed by atoms with Gasteiger partial charge in [-0.1, -0.05) is 111 Å². The molecular formula is C53H68Cl2Zr-2. The first-order chi connectivity index (χ1) is 24.7. The van der Waals surface area contributed by atoms with Gasteiger partial charge in [0.2, 0.25) is 0 Å². The Labute approximate surface area is 370 Å². The van der Waals surface area contributed by atoms with E-state index in [0.29, 0.717) is 11.3 Å². The predicted octanol–water partition coefficient (Wildman–Crippen LogP) is 8.42. The number of hydrogen-bond donors (Lipinski definition) is 0. The first kappa shape index (κ1) is 49.8. The van der Waals surface area contributed by atoms with Gasteiger partial charge in [-0.3, -0.25) is 6.08 Å². The summed E-state index contributed by atoms with van der Waals surface area (Å²) in [5.41, 5.74) is 17.7. The SMILES string of the molecule is CC(C)(C)c1[c-]c2c(cc1)-c1ccc(C(C)(C)C)cc1C2.CC(C)(C)c1ccc([C](=[Zr+2])c2ccc(C(C)(C)C)cc2)cc1.CC1=[C-]C(C)C=C1C(C)(C)C.[Cl-].[Cl-]. The Kier molecular flexibility index (Phi) is 16.7. The molecule has 0 radical (unpaired) electrons. The Balaban J connectivity index is 0.000000300. The summed E-state index contributed by atoms with van der Waals surface area (Å²) in [6, 6.07) is 33.3. The number of hydrogen-bond acceptors (Lipinski definition) is 0. The van der Waals surface area contributed by atoms with Gasteiger partial charge in [-0.2, -0.15) is 35.4 Å². The van der Waals surface area contributed by atoms with Crippen LogP contribution in [-0.2, 0) is 52.3 Å². The zero-order valence-corrected chi connectivity index (χ0v) is 41.6. The van der Waals surface area contributed by atoms with Gasteiger partial charge in [0.05, 0.1) is 0 Å². The van der Waals surface area contributed by atoms with Crippen LogP contribution in [0.5, 0.6) is 0 Å². The second-order valence-corrected chi connectivity index (χ2v) is 22.0. The summed E-state index contributed by atoms with van der Waals surface area (Å²) >= 11 is 1.46. The number of benzene rings is 4. The third-order valence-corrected chi connectivity index (χ3v) is 12.0. The predicted molar refractivity (Wildman–Crippen MR) is 234 cm³/mol. The van der Waals surface area contributed by atoms with Gasteiger partial charge in [-0.25, -0.2) is 5.57 Å². The third kappa shape index (κ3) is 12.8. The normalized spacial score (nSPS) is 15.0. The van der Waals surface area contributed by atoms with Crippen LogP contribution < -0.4 is 24.8 Å². The molecule has 0 N–H and O–H groups in total. The topological polar surface area (TPSA) is 0 Å². The van der Waals surface area contributed by atoms with Gasteiger partial charge < -0.3 is 24.8 Å². The Bertz CT molecular complexity index is 1880. The minimum atomic E-state index is 0. The summed E-state index contributed by atoms with van der Waals surface area (Å²) in [6.45, 7) is 38.2. The number of halogens is 2. The molecule has 0 nitrogen and oxygen atoms in total. The fourth-order valence-corrected chi connectivity index (χ4v) is 7.94. The summed E-state index contributed by atoms with van der Waals surface area (Å²) < 4.78 is 1.42. The minimum absolute atomic E-state index is 0. The van der Waals surface area contributed by atoms with Crippen LogP contribution in [0.1, 0.15) is 162 Å². The van der Waals surface area contributed by atoms with Gasteiger partial charge in [0.1, 0.15) is 0 Å². The van der Waals surface area contributed by atoms with E-state index < -0.39 is 0 Å². The molecule has 0 aliphatic heterocycles. The van der Waals surface area contributed by atoms with E-state index in [-0.39, 0.29) is 46.5 Å². The maximum atomic E-state index is 3.67. The van der Waals surface area contributed by atoms with Crippen molar-refractivity contribution in [2.24, 2.45) is 11.3 Å². The van der Waals surface area contributed by atoms with E-state index >= 15 is 0 Å². The number of allylic oxidation sites excluding steroid dienone is 4. The smallest absolute Gasteiger partial charge is 0.0716 e. The van der Waals surface area contributed by atoms with E-state index in [1.54, 1.807) is 0 Å². The summed E-state index contributed by atoms with van der Waals surface area (Å²) in [7, 11) is 0. The largest absolute Gasteiger partial charge is 1.00 e. The first-order valence-electron chi connectivity index (χ1n) is 20.0. The molecule has 0 bridgehead atoms. The van der Waals surface area contributed by atoms with Crippen molar-refractivity contribution < 1.29 is 49.0 Å². The summed E-state index contributed by atoms with van der Waals surface area (Å²) in [6.07, 6.45) is 6.74. The molecule has 0 spiro atoms. The van der Waals surface area contributed by atoms with Crippen LogP contribution >= 0.6 is 0 Å². The first-order valence-corrected chi connectivity index (χ1v) is 21.2. The Morgan fingerprint density at radius 1 is 0.554 bits per heavy atom. The van der Waals surface area contributed by atoms with E-state index in [4.69, 9.17) is 0 Å². The molecule has 0 amide bonds. The van der Waals surface area contributed by atoms with Crippen molar-refractivity contribution in [3.8, 4) is 11.1 Å². The van der Waals surface area contributed by atoms with Gasteiger partial charge >= 0.3 is 151 Å². The number of rotatable bonds is 2. The van der Waals surface area contributed by atoms with E-state index in [2.05, 4.69) is 215 Å². The molecule has 0 fully saturated rings. The molecule has 2 aliphatic rings. The van der Waals surface area contributed by atoms with Crippen LogP contribution in [0.15, 0.2) is 96.1 Å². The summed E-state index contributed by atoms with van der Waals surface area (Å²) in [5, 5.41) is 0. The minimum Gasteiger partial charge on any atom is -1.00 e. The second kappa shape index (κ2) is 18.7. The molecule has 56 heavy (non-hydrogen) atoms. The van der Waals surface area contributed by atoms with Crippen molar-refractivity contribution in [3.05, 3.63) is 153 Å². The summed E-state index contributed by atoms with van der Waals surface area (Å²) in [5.74, 6) is 0.518. The molecule has 2 aliphatic carbocycles. The fourth-order valence-electron chi connectivity index (χ4n) is 7.12. The molecule has 0 aromatic heterocycles. The number of fused-ring (bicyclic) bond motifs is 3. The quantitative estimate of drug-likeness (QED) is 0.157. The molecule has 6 rings (SSSR count). The van der Waals surface area contributed by atoms with Crippen LogP contribution in [0.2, 0.25) is 0 Å². The molecule has 1 unspecified atom stereocenters. The molecule has 0 saturated carbocycles. The van der Waals surface area contributed by atoms with Crippen molar-refractivity contribution >= 4 is 3.21 Å². The molecule has 3 heteroatoms. The van der Waals surface area contributed by atoms with E-state index in [1.165, 1.54) is 94.2 Å². The molecule has 4 aromatic carbocycles. The van der Waals surface area contributed by atoms with Crippen molar-refractivity contribution in [1.82, 2.24) is 0 Å². The van der Waals surface area contributed by atoms with Gasteiger partial charge in [0.25, 0.3) is 0 Å². The van der Waals surface area contributed by atoms with Gasteiger partial charge in [0, 0.05) is 0 Å². The van der Waals surface area contributed by atoms with Crippen molar-refractivity contribution in [2.75, 3.05) is 0 Å². The van der Waals surface area contributed by atoms with Crippen molar-refractivity contribution in [1.29, 1.82) is 0 Å². The maximum absolute atomic E-state index is 3.67. The summed E-state index contributed by atoms with van der Waals surface area (Å²) in [4.78, 5) is 0. The van der Waals surface area contributed by atoms with Gasteiger partial charge in [-0.15, -0.1) is 11.1 Å². The maximum Gasteiger partial charge on any atom is -0.0716 e. The van der Waals surface area contributed by atoms with Crippen LogP contribution in [0.4, 0.5) is 0 Å². The van der Waals surface area contributed by atoms with Crippen LogP contribution in [0.3, 0.4) is 0 Å². The average Bonchev–Trinajstić information content (AvgIpc) is 3.61. The van der Waals surface area contributed by atoms with Gasteiger partial charge in [-0.05, 0) is 28.4 Å². The zero-order chi connectivity index (χ0) is 40.6. The second-order valence-electron chi connectivity index (χ2n) is 20.7. The molecule has 1 atom stereocenters. The van der Waals surface area contributed by atoms with Crippen LogP contribution in [0, 0.1) is 23.5 Å². The molecule has 0 saturated heterocycles. The van der Waals surface area contributed by atoms with Crippen LogP contribution in [-0.4, -0.2) is 3.21 Å². The zero-order valence-electron chi connectivity index (χ0n) is 37.6. The van der Waals surface area contributed by atoms with Crippen LogP contribution in [0.25, 0.3) is 11.1 Å². The van der Waals surface area contributed by atoms with E-state index in [1.807, 2.05) is 0 Å². The Morgan fingerprint density at radius 2 is 0.982 bits per heavy atom. The molecular weight excluding hydrogens is 799 g/mol. The third-order valence-electron chi connectivity index (χ3n) is 10.6.